The van der Waals surface area contributed by atoms with Gasteiger partial charge in [-0.15, -0.1) is 11.8 Å². The van der Waals surface area contributed by atoms with Gasteiger partial charge in [0.05, 0.1) is 31.7 Å². The molecule has 0 bridgehead atoms. The Morgan fingerprint density at radius 2 is 1.18 bits per heavy atom. The van der Waals surface area contributed by atoms with Gasteiger partial charge in [0.25, 0.3) is 0 Å². The number of benzene rings is 3. The molecule has 1 saturated heterocycles. The maximum Gasteiger partial charge on any atom is 0.303 e. The summed E-state index contributed by atoms with van der Waals surface area (Å²) in [5.74, 6) is -0.335. The lowest BCUT2D eigenvalue weighted by molar-refractivity contribution is -0.155. The van der Waals surface area contributed by atoms with E-state index in [0.717, 1.165) is 16.7 Å². The minimum atomic E-state index is -0.465. The van der Waals surface area contributed by atoms with Gasteiger partial charge in [-0.05, 0) is 16.7 Å². The Kier molecular flexibility index (Phi) is 9.16. The Morgan fingerprint density at radius 3 is 1.68 bits per heavy atom. The van der Waals surface area contributed by atoms with E-state index in [-0.39, 0.29) is 17.3 Å². The average molecular weight is 479 g/mol. The first kappa shape index (κ1) is 24.5. The molecule has 0 aromatic heterocycles. The van der Waals surface area contributed by atoms with Crippen LogP contribution in [0.15, 0.2) is 91.0 Å². The molecule has 1 aliphatic rings. The van der Waals surface area contributed by atoms with Gasteiger partial charge in [0, 0.05) is 6.92 Å². The Morgan fingerprint density at radius 1 is 0.706 bits per heavy atom. The van der Waals surface area contributed by atoms with Gasteiger partial charge < -0.3 is 18.9 Å². The Balaban J connectivity index is 1.47. The zero-order valence-corrected chi connectivity index (χ0v) is 20.1. The summed E-state index contributed by atoms with van der Waals surface area (Å²) in [6.07, 6.45) is -0.711. The molecular formula is C28H30O5S. The summed E-state index contributed by atoms with van der Waals surface area (Å²) in [7, 11) is 0. The fourth-order valence-electron chi connectivity index (χ4n) is 3.86. The van der Waals surface area contributed by atoms with Crippen molar-refractivity contribution in [2.45, 2.75) is 49.6 Å². The fraction of sp³-hybridized carbons (Fsp3) is 0.321. The van der Waals surface area contributed by atoms with Gasteiger partial charge in [0.15, 0.2) is 5.44 Å². The molecule has 0 N–H and O–H groups in total. The summed E-state index contributed by atoms with van der Waals surface area (Å²) in [4.78, 5) is 11.8. The minimum absolute atomic E-state index is 0.0439. The maximum atomic E-state index is 11.8. The van der Waals surface area contributed by atoms with E-state index < -0.39 is 11.5 Å². The lowest BCUT2D eigenvalue weighted by Crippen LogP contribution is -2.40. The van der Waals surface area contributed by atoms with E-state index in [1.54, 1.807) is 11.8 Å². The average Bonchev–Trinajstić information content (AvgIpc) is 3.18. The second-order valence-corrected chi connectivity index (χ2v) is 9.52. The van der Waals surface area contributed by atoms with Crippen LogP contribution in [0, 0.1) is 0 Å². The van der Waals surface area contributed by atoms with Crippen LogP contribution < -0.4 is 0 Å². The van der Waals surface area contributed by atoms with Crippen LogP contribution in [-0.4, -0.2) is 35.5 Å². The fourth-order valence-corrected chi connectivity index (χ4v) is 5.35. The number of hydrogen-bond acceptors (Lipinski definition) is 6. The summed E-state index contributed by atoms with van der Waals surface area (Å²) < 4.78 is 24.4. The highest BCUT2D eigenvalue weighted by molar-refractivity contribution is 8.00. The highest BCUT2D eigenvalue weighted by Gasteiger charge is 2.48. The Labute approximate surface area is 205 Å². The molecule has 5 nitrogen and oxygen atoms in total. The van der Waals surface area contributed by atoms with Crippen molar-refractivity contribution in [2.24, 2.45) is 0 Å². The Bertz CT molecular complexity index is 999. The number of thioether (sulfide) groups is 1. The van der Waals surface area contributed by atoms with Crippen molar-refractivity contribution in [2.75, 3.05) is 6.61 Å². The molecule has 0 amide bonds. The predicted molar refractivity (Wildman–Crippen MR) is 133 cm³/mol. The second kappa shape index (κ2) is 12.7. The van der Waals surface area contributed by atoms with Gasteiger partial charge in [0.2, 0.25) is 0 Å². The smallest absolute Gasteiger partial charge is 0.303 e. The van der Waals surface area contributed by atoms with E-state index in [4.69, 9.17) is 18.9 Å². The van der Waals surface area contributed by atoms with E-state index >= 15 is 0 Å². The molecule has 0 unspecified atom stereocenters. The molecule has 0 radical (unpaired) electrons. The first-order valence-corrected chi connectivity index (χ1v) is 12.4. The monoisotopic (exact) mass is 478 g/mol. The summed E-state index contributed by atoms with van der Waals surface area (Å²) in [5, 5.41) is -0.0439. The molecule has 1 fully saturated rings. The summed E-state index contributed by atoms with van der Waals surface area (Å²) in [6, 6.07) is 30.1. The third-order valence-corrected chi connectivity index (χ3v) is 6.90. The first-order valence-electron chi connectivity index (χ1n) is 11.4. The predicted octanol–water partition coefficient (Wildman–Crippen LogP) is 5.38. The van der Waals surface area contributed by atoms with Crippen LogP contribution in [0.25, 0.3) is 0 Å². The van der Waals surface area contributed by atoms with Crippen LogP contribution in [0.4, 0.5) is 0 Å². The van der Waals surface area contributed by atoms with Gasteiger partial charge in [-0.1, -0.05) is 91.0 Å². The summed E-state index contributed by atoms with van der Waals surface area (Å²) in [6.45, 7) is 3.25. The molecular weight excluding hydrogens is 448 g/mol. The lowest BCUT2D eigenvalue weighted by atomic mass is 10.1. The number of carbonyl (C=O) groups is 1. The van der Waals surface area contributed by atoms with Gasteiger partial charge in [-0.3, -0.25) is 4.79 Å². The first-order chi connectivity index (χ1) is 16.7. The molecule has 1 aliphatic heterocycles. The van der Waals surface area contributed by atoms with E-state index in [2.05, 4.69) is 0 Å². The van der Waals surface area contributed by atoms with Crippen molar-refractivity contribution in [3.05, 3.63) is 108 Å². The van der Waals surface area contributed by atoms with Crippen LogP contribution >= 0.6 is 11.8 Å². The third-order valence-electron chi connectivity index (χ3n) is 5.51. The van der Waals surface area contributed by atoms with Crippen LogP contribution in [-0.2, 0) is 43.6 Å². The quantitative estimate of drug-likeness (QED) is 0.345. The summed E-state index contributed by atoms with van der Waals surface area (Å²) in [5.41, 5.74) is 2.78. The topological polar surface area (TPSA) is 54.0 Å². The normalized spacial score (nSPS) is 21.9. The SMILES string of the molecule is CC(=O)O[C@H]1S[C@@H](COCc2ccccc2)[C@@H](OCc2ccccc2)[C@@H]1OCc1ccccc1. The molecule has 4 atom stereocenters. The molecule has 0 spiro atoms. The number of carbonyl (C=O) groups excluding carboxylic acids is 1. The molecule has 34 heavy (non-hydrogen) atoms. The standard InChI is InChI=1S/C28H30O5S/c1-21(29)33-28-27(32-19-24-15-9-4-10-16-24)26(31-18-23-13-7-3-8-14-23)25(34-28)20-30-17-22-11-5-2-6-12-22/h2-16,25-28H,17-20H2,1H3/t25-,26+,27-,28-/m0/s1. The van der Waals surface area contributed by atoms with Crippen molar-refractivity contribution in [3.8, 4) is 0 Å². The van der Waals surface area contributed by atoms with Crippen LogP contribution in [0.2, 0.25) is 0 Å². The van der Waals surface area contributed by atoms with Crippen molar-refractivity contribution in [1.29, 1.82) is 0 Å². The lowest BCUT2D eigenvalue weighted by Gasteiger charge is -2.26. The zero-order valence-electron chi connectivity index (χ0n) is 19.2. The van der Waals surface area contributed by atoms with E-state index in [1.165, 1.54) is 6.92 Å². The molecule has 3 aromatic carbocycles. The molecule has 1 heterocycles. The third kappa shape index (κ3) is 7.18. The van der Waals surface area contributed by atoms with Crippen molar-refractivity contribution < 1.29 is 23.7 Å². The van der Waals surface area contributed by atoms with Crippen molar-refractivity contribution >= 4 is 17.7 Å². The molecule has 178 valence electrons. The van der Waals surface area contributed by atoms with Crippen molar-refractivity contribution in [1.82, 2.24) is 0 Å². The zero-order chi connectivity index (χ0) is 23.6. The molecule has 0 aliphatic carbocycles. The molecule has 4 rings (SSSR count). The van der Waals surface area contributed by atoms with E-state index in [1.807, 2.05) is 91.0 Å². The van der Waals surface area contributed by atoms with Crippen LogP contribution in [0.1, 0.15) is 23.6 Å². The second-order valence-electron chi connectivity index (χ2n) is 8.18. The maximum absolute atomic E-state index is 11.8. The van der Waals surface area contributed by atoms with Gasteiger partial charge in [-0.2, -0.15) is 0 Å². The Hall–Kier alpha value is -2.64. The summed E-state index contributed by atoms with van der Waals surface area (Å²) >= 11 is 1.54. The number of hydrogen-bond donors (Lipinski definition) is 0. The highest BCUT2D eigenvalue weighted by Crippen LogP contribution is 2.40. The molecule has 0 saturated carbocycles. The van der Waals surface area contributed by atoms with Crippen LogP contribution in [0.3, 0.4) is 0 Å². The number of ether oxygens (including phenoxy) is 4. The number of esters is 1. The van der Waals surface area contributed by atoms with E-state index in [0.29, 0.717) is 26.4 Å². The number of rotatable bonds is 11. The largest absolute Gasteiger partial charge is 0.449 e. The highest BCUT2D eigenvalue weighted by atomic mass is 32.2. The van der Waals surface area contributed by atoms with Gasteiger partial charge in [0.1, 0.15) is 12.2 Å². The molecule has 6 heteroatoms. The van der Waals surface area contributed by atoms with Crippen LogP contribution in [0.5, 0.6) is 0 Å². The minimum Gasteiger partial charge on any atom is -0.449 e. The molecule has 3 aromatic rings. The van der Waals surface area contributed by atoms with Crippen molar-refractivity contribution in [3.63, 3.8) is 0 Å². The van der Waals surface area contributed by atoms with Gasteiger partial charge in [-0.25, -0.2) is 0 Å². The van der Waals surface area contributed by atoms with E-state index in [9.17, 15) is 4.79 Å². The van der Waals surface area contributed by atoms with Gasteiger partial charge >= 0.3 is 5.97 Å².